The van der Waals surface area contributed by atoms with Gasteiger partial charge in [-0.25, -0.2) is 0 Å². The molecular weight excluding hydrogens is 382 g/mol. The zero-order valence-electron chi connectivity index (χ0n) is 16.1. The van der Waals surface area contributed by atoms with Gasteiger partial charge in [-0.2, -0.15) is 5.26 Å². The van der Waals surface area contributed by atoms with E-state index in [4.69, 9.17) is 14.4 Å². The monoisotopic (exact) mass is 401 g/mol. The number of ether oxygens (including phenoxy) is 1. The van der Waals surface area contributed by atoms with Crippen LogP contribution in [0.25, 0.3) is 0 Å². The van der Waals surface area contributed by atoms with Crippen molar-refractivity contribution in [3.63, 3.8) is 0 Å². The van der Waals surface area contributed by atoms with E-state index in [0.717, 1.165) is 12.8 Å². The SMILES string of the molecule is N#Cc1ccccc1OCc1ccc(C(=O)Nc2cccc(C(=O)NC3CC3)c2)o1. The van der Waals surface area contributed by atoms with E-state index < -0.39 is 5.91 Å². The van der Waals surface area contributed by atoms with Crippen LogP contribution in [0.15, 0.2) is 65.1 Å². The maximum absolute atomic E-state index is 12.5. The number of furan rings is 1. The van der Waals surface area contributed by atoms with E-state index in [2.05, 4.69) is 16.7 Å². The highest BCUT2D eigenvalue weighted by Crippen LogP contribution is 2.21. The molecule has 0 saturated heterocycles. The van der Waals surface area contributed by atoms with Gasteiger partial charge >= 0.3 is 0 Å². The van der Waals surface area contributed by atoms with E-state index in [0.29, 0.717) is 28.3 Å². The zero-order valence-corrected chi connectivity index (χ0v) is 16.1. The number of benzene rings is 2. The fourth-order valence-corrected chi connectivity index (χ4v) is 2.84. The summed E-state index contributed by atoms with van der Waals surface area (Å²) < 4.78 is 11.2. The number of para-hydroxylation sites is 1. The van der Waals surface area contributed by atoms with Gasteiger partial charge in [-0.05, 0) is 55.3 Å². The highest BCUT2D eigenvalue weighted by atomic mass is 16.5. The zero-order chi connectivity index (χ0) is 20.9. The quantitative estimate of drug-likeness (QED) is 0.625. The number of nitrogens with one attached hydrogen (secondary N) is 2. The van der Waals surface area contributed by atoms with Gasteiger partial charge in [0.05, 0.1) is 5.56 Å². The normalized spacial score (nSPS) is 12.6. The summed E-state index contributed by atoms with van der Waals surface area (Å²) in [4.78, 5) is 24.6. The van der Waals surface area contributed by atoms with Gasteiger partial charge < -0.3 is 19.8 Å². The molecule has 0 unspecified atom stereocenters. The van der Waals surface area contributed by atoms with Crippen molar-refractivity contribution < 1.29 is 18.7 Å². The molecular formula is C23H19N3O4. The van der Waals surface area contributed by atoms with Gasteiger partial charge in [-0.15, -0.1) is 0 Å². The van der Waals surface area contributed by atoms with Crippen molar-refractivity contribution >= 4 is 17.5 Å². The minimum absolute atomic E-state index is 0.0861. The largest absolute Gasteiger partial charge is 0.484 e. The van der Waals surface area contributed by atoms with Crippen molar-refractivity contribution in [1.82, 2.24) is 5.32 Å². The molecule has 0 bridgehead atoms. The molecule has 0 atom stereocenters. The van der Waals surface area contributed by atoms with E-state index in [1.807, 2.05) is 0 Å². The van der Waals surface area contributed by atoms with Crippen molar-refractivity contribution in [2.75, 3.05) is 5.32 Å². The topological polar surface area (TPSA) is 104 Å². The molecule has 1 aliphatic carbocycles. The van der Waals surface area contributed by atoms with Gasteiger partial charge in [0.1, 0.15) is 24.2 Å². The number of rotatable bonds is 7. The summed E-state index contributed by atoms with van der Waals surface area (Å²) >= 11 is 0. The van der Waals surface area contributed by atoms with Crippen LogP contribution in [0, 0.1) is 11.3 Å². The van der Waals surface area contributed by atoms with Crippen LogP contribution in [0.5, 0.6) is 5.75 Å². The van der Waals surface area contributed by atoms with Crippen LogP contribution in [-0.2, 0) is 6.61 Å². The number of nitrogens with zero attached hydrogens (tertiary/aromatic N) is 1. The Hall–Kier alpha value is -4.05. The first-order valence-corrected chi connectivity index (χ1v) is 9.55. The first-order valence-electron chi connectivity index (χ1n) is 9.55. The second kappa shape index (κ2) is 8.53. The van der Waals surface area contributed by atoms with Crippen molar-refractivity contribution in [1.29, 1.82) is 5.26 Å². The van der Waals surface area contributed by atoms with Gasteiger partial charge in [0, 0.05) is 17.3 Å². The lowest BCUT2D eigenvalue weighted by Crippen LogP contribution is -2.25. The van der Waals surface area contributed by atoms with Crippen LogP contribution >= 0.6 is 0 Å². The summed E-state index contributed by atoms with van der Waals surface area (Å²) in [5.74, 6) is 0.436. The van der Waals surface area contributed by atoms with Crippen molar-refractivity contribution in [3.8, 4) is 11.8 Å². The number of amides is 2. The molecule has 7 nitrogen and oxygen atoms in total. The van der Waals surface area contributed by atoms with Crippen molar-refractivity contribution in [2.45, 2.75) is 25.5 Å². The van der Waals surface area contributed by atoms with Crippen LogP contribution in [0.1, 0.15) is 45.1 Å². The molecule has 0 radical (unpaired) electrons. The van der Waals surface area contributed by atoms with Crippen molar-refractivity contribution in [3.05, 3.63) is 83.3 Å². The number of anilines is 1. The Labute approximate surface area is 173 Å². The number of hydrogen-bond acceptors (Lipinski definition) is 5. The van der Waals surface area contributed by atoms with Crippen LogP contribution in [0.4, 0.5) is 5.69 Å². The fraction of sp³-hybridized carbons (Fsp3) is 0.174. The molecule has 2 N–H and O–H groups in total. The average molecular weight is 401 g/mol. The third kappa shape index (κ3) is 4.67. The Kier molecular flexibility index (Phi) is 5.48. The summed E-state index contributed by atoms with van der Waals surface area (Å²) in [6.45, 7) is 0.0861. The molecule has 2 aromatic carbocycles. The highest BCUT2D eigenvalue weighted by molar-refractivity contribution is 6.03. The molecule has 150 valence electrons. The fourth-order valence-electron chi connectivity index (χ4n) is 2.84. The highest BCUT2D eigenvalue weighted by Gasteiger charge is 2.24. The van der Waals surface area contributed by atoms with E-state index in [9.17, 15) is 9.59 Å². The summed E-state index contributed by atoms with van der Waals surface area (Å²) in [7, 11) is 0. The second-order valence-corrected chi connectivity index (χ2v) is 6.95. The lowest BCUT2D eigenvalue weighted by atomic mass is 10.2. The number of carbonyl (C=O) groups is 2. The molecule has 0 spiro atoms. The molecule has 1 fully saturated rings. The Morgan fingerprint density at radius 3 is 2.70 bits per heavy atom. The number of hydrogen-bond donors (Lipinski definition) is 2. The number of nitriles is 1. The smallest absolute Gasteiger partial charge is 0.291 e. The van der Waals surface area contributed by atoms with E-state index in [-0.39, 0.29) is 24.3 Å². The second-order valence-electron chi connectivity index (χ2n) is 6.95. The lowest BCUT2D eigenvalue weighted by molar-refractivity contribution is 0.0948. The summed E-state index contributed by atoms with van der Waals surface area (Å²) in [5, 5.41) is 14.7. The predicted molar refractivity (Wildman–Crippen MR) is 109 cm³/mol. The molecule has 1 heterocycles. The molecule has 1 aliphatic rings. The molecule has 0 aliphatic heterocycles. The first-order chi connectivity index (χ1) is 14.6. The average Bonchev–Trinajstić information content (AvgIpc) is 3.45. The van der Waals surface area contributed by atoms with Gasteiger partial charge in [-0.3, -0.25) is 9.59 Å². The Morgan fingerprint density at radius 1 is 1.07 bits per heavy atom. The summed E-state index contributed by atoms with van der Waals surface area (Å²) in [5.41, 5.74) is 1.41. The van der Waals surface area contributed by atoms with E-state index in [1.54, 1.807) is 60.7 Å². The minimum Gasteiger partial charge on any atom is -0.484 e. The van der Waals surface area contributed by atoms with Crippen LogP contribution in [-0.4, -0.2) is 17.9 Å². The lowest BCUT2D eigenvalue weighted by Gasteiger charge is -2.07. The van der Waals surface area contributed by atoms with Gasteiger partial charge in [0.15, 0.2) is 5.76 Å². The Bertz CT molecular complexity index is 1130. The molecule has 30 heavy (non-hydrogen) atoms. The van der Waals surface area contributed by atoms with E-state index >= 15 is 0 Å². The standard InChI is InChI=1S/C23H19N3O4/c24-13-16-4-1-2-7-20(16)29-14-19-10-11-21(30-19)23(28)26-18-6-3-5-15(12-18)22(27)25-17-8-9-17/h1-7,10-12,17H,8-9,14H2,(H,25,27)(H,26,28). The molecule has 1 saturated carbocycles. The Balaban J connectivity index is 1.37. The third-order valence-electron chi connectivity index (χ3n) is 4.56. The molecule has 7 heteroatoms. The Morgan fingerprint density at radius 2 is 1.90 bits per heavy atom. The minimum atomic E-state index is -0.432. The van der Waals surface area contributed by atoms with Gasteiger partial charge in [0.25, 0.3) is 11.8 Å². The summed E-state index contributed by atoms with van der Waals surface area (Å²) in [6, 6.07) is 19.2. The van der Waals surface area contributed by atoms with Crippen LogP contribution in [0.3, 0.4) is 0 Å². The van der Waals surface area contributed by atoms with Crippen molar-refractivity contribution in [2.24, 2.45) is 0 Å². The molecule has 2 amide bonds. The van der Waals surface area contributed by atoms with Crippen LogP contribution < -0.4 is 15.4 Å². The maximum Gasteiger partial charge on any atom is 0.291 e. The molecule has 4 rings (SSSR count). The van der Waals surface area contributed by atoms with Crippen LogP contribution in [0.2, 0.25) is 0 Å². The summed E-state index contributed by atoms with van der Waals surface area (Å²) in [6.07, 6.45) is 2.02. The predicted octanol–water partition coefficient (Wildman–Crippen LogP) is 3.87. The van der Waals surface area contributed by atoms with Gasteiger partial charge in [0.2, 0.25) is 0 Å². The van der Waals surface area contributed by atoms with E-state index in [1.165, 1.54) is 0 Å². The third-order valence-corrected chi connectivity index (χ3v) is 4.56. The molecule has 1 aromatic heterocycles. The first kappa shape index (κ1) is 19.3. The maximum atomic E-state index is 12.5. The number of carbonyl (C=O) groups excluding carboxylic acids is 2. The molecule has 3 aromatic rings. The van der Waals surface area contributed by atoms with Gasteiger partial charge in [-0.1, -0.05) is 18.2 Å².